The fraction of sp³-hybridized carbons (Fsp3) is 0.333. The number of fused-ring (bicyclic) bond motifs is 1. The Hall–Kier alpha value is -6.57. The molecule has 3 aliphatic rings. The fourth-order valence-corrected chi connectivity index (χ4v) is 7.94. The first-order valence-electron chi connectivity index (χ1n) is 17.1. The van der Waals surface area contributed by atoms with Gasteiger partial charge in [0.25, 0.3) is 17.1 Å². The molecule has 0 aliphatic carbocycles. The molecule has 4 atom stereocenters. The zero-order chi connectivity index (χ0) is 40.1. The van der Waals surface area contributed by atoms with Crippen molar-refractivity contribution in [1.82, 2.24) is 9.80 Å². The molecule has 3 unspecified atom stereocenters. The molecule has 2 amide bonds. The van der Waals surface area contributed by atoms with E-state index in [0.717, 1.165) is 0 Å². The van der Waals surface area contributed by atoms with Crippen LogP contribution in [0.25, 0.3) is 0 Å². The van der Waals surface area contributed by atoms with Crippen LogP contribution in [-0.4, -0.2) is 79.2 Å². The molecular formula is C36H33N5O14S. The van der Waals surface area contributed by atoms with Crippen LogP contribution in [0.15, 0.2) is 83.4 Å². The van der Waals surface area contributed by atoms with Gasteiger partial charge >= 0.3 is 18.2 Å². The van der Waals surface area contributed by atoms with Crippen molar-refractivity contribution in [1.29, 1.82) is 0 Å². The Bertz CT molecular complexity index is 2080. The van der Waals surface area contributed by atoms with E-state index in [9.17, 15) is 49.5 Å². The van der Waals surface area contributed by atoms with Crippen molar-refractivity contribution >= 4 is 52.9 Å². The molecule has 292 valence electrons. The number of benzene rings is 3. The standard InChI is InChI=1S/C36H33N5O14S/c1-21(55-36(45)54-20-24-6-12-27(13-7-24)41(50)51)31-29-16-30(32(38(29)33(31)42)34(43)52-18-22-2-8-25(9-3-22)39(46)47)56-28-14-15-37(17-28)35(44)53-19-23-4-10-26(11-5-23)40(48)49/h2-13,21,28-29,31H,14-20H2,1H3/t21?,28?,29-,31?/m1/s1. The molecule has 2 saturated heterocycles. The number of rotatable bonds is 14. The van der Waals surface area contributed by atoms with Crippen molar-refractivity contribution in [2.45, 2.75) is 57.0 Å². The zero-order valence-corrected chi connectivity index (χ0v) is 30.4. The van der Waals surface area contributed by atoms with Crippen LogP contribution in [0, 0.1) is 36.3 Å². The maximum absolute atomic E-state index is 13.6. The van der Waals surface area contributed by atoms with E-state index in [2.05, 4.69) is 0 Å². The van der Waals surface area contributed by atoms with Gasteiger partial charge in [-0.2, -0.15) is 0 Å². The van der Waals surface area contributed by atoms with Crippen molar-refractivity contribution in [3.63, 3.8) is 0 Å². The van der Waals surface area contributed by atoms with Gasteiger partial charge in [0.15, 0.2) is 0 Å². The summed E-state index contributed by atoms with van der Waals surface area (Å²) in [6.45, 7) is 1.60. The van der Waals surface area contributed by atoms with Crippen LogP contribution < -0.4 is 0 Å². The van der Waals surface area contributed by atoms with Crippen molar-refractivity contribution in [3.8, 4) is 0 Å². The molecular weight excluding hydrogens is 758 g/mol. The summed E-state index contributed by atoms with van der Waals surface area (Å²) in [5.41, 5.74) is 1.21. The summed E-state index contributed by atoms with van der Waals surface area (Å²) in [4.78, 5) is 87.3. The Morgan fingerprint density at radius 2 is 1.25 bits per heavy atom. The molecule has 3 heterocycles. The first-order chi connectivity index (χ1) is 26.8. The third kappa shape index (κ3) is 8.86. The van der Waals surface area contributed by atoms with Gasteiger partial charge in [0.05, 0.1) is 26.7 Å². The van der Waals surface area contributed by atoms with Crippen LogP contribution in [0.5, 0.6) is 0 Å². The lowest BCUT2D eigenvalue weighted by Gasteiger charge is -2.45. The summed E-state index contributed by atoms with van der Waals surface area (Å²) in [6.07, 6.45) is -1.83. The molecule has 3 aromatic rings. The number of β-lactam (4-membered cyclic amide) rings is 1. The van der Waals surface area contributed by atoms with Gasteiger partial charge in [-0.25, -0.2) is 14.4 Å². The summed E-state index contributed by atoms with van der Waals surface area (Å²) in [5.74, 6) is -2.10. The summed E-state index contributed by atoms with van der Waals surface area (Å²) in [6, 6.07) is 15.9. The summed E-state index contributed by atoms with van der Waals surface area (Å²) >= 11 is 1.33. The van der Waals surface area contributed by atoms with E-state index in [1.165, 1.54) is 101 Å². The predicted molar refractivity (Wildman–Crippen MR) is 193 cm³/mol. The lowest BCUT2D eigenvalue weighted by Crippen LogP contribution is -2.62. The third-order valence-corrected chi connectivity index (χ3v) is 10.8. The summed E-state index contributed by atoms with van der Waals surface area (Å²) < 4.78 is 21.6. The maximum Gasteiger partial charge on any atom is 0.508 e. The number of carbonyl (C=O) groups excluding carboxylic acids is 4. The highest BCUT2D eigenvalue weighted by Gasteiger charge is 2.58. The predicted octanol–water partition coefficient (Wildman–Crippen LogP) is 5.78. The number of ether oxygens (including phenoxy) is 4. The Labute approximate surface area is 321 Å². The second-order valence-electron chi connectivity index (χ2n) is 13.0. The minimum atomic E-state index is -1.06. The van der Waals surface area contributed by atoms with Crippen LogP contribution in [0.4, 0.5) is 26.7 Å². The van der Waals surface area contributed by atoms with Crippen LogP contribution >= 0.6 is 11.8 Å². The number of thioether (sulfide) groups is 1. The number of esters is 1. The van der Waals surface area contributed by atoms with E-state index in [0.29, 0.717) is 34.6 Å². The number of hydrogen-bond acceptors (Lipinski definition) is 15. The van der Waals surface area contributed by atoms with E-state index >= 15 is 0 Å². The topological polar surface area (TPSA) is 241 Å². The Morgan fingerprint density at radius 3 is 1.75 bits per heavy atom. The largest absolute Gasteiger partial charge is 0.508 e. The van der Waals surface area contributed by atoms with Gasteiger partial charge < -0.3 is 28.7 Å². The molecule has 0 radical (unpaired) electrons. The molecule has 0 aromatic heterocycles. The highest BCUT2D eigenvalue weighted by Crippen LogP contribution is 2.49. The molecule has 3 aliphatic heterocycles. The zero-order valence-electron chi connectivity index (χ0n) is 29.5. The van der Waals surface area contributed by atoms with E-state index in [1.807, 2.05) is 0 Å². The number of hydrogen-bond donors (Lipinski definition) is 0. The smallest absolute Gasteiger partial charge is 0.456 e. The molecule has 0 spiro atoms. The van der Waals surface area contributed by atoms with Crippen molar-refractivity contribution in [2.75, 3.05) is 13.1 Å². The molecule has 56 heavy (non-hydrogen) atoms. The van der Waals surface area contributed by atoms with Gasteiger partial charge in [0.1, 0.15) is 31.6 Å². The molecule has 0 saturated carbocycles. The lowest BCUT2D eigenvalue weighted by molar-refractivity contribution is -0.385. The van der Waals surface area contributed by atoms with Gasteiger partial charge in [-0.3, -0.25) is 35.1 Å². The van der Waals surface area contributed by atoms with Crippen molar-refractivity contribution in [2.24, 2.45) is 5.92 Å². The number of non-ortho nitro benzene ring substituents is 3. The Balaban J connectivity index is 1.09. The van der Waals surface area contributed by atoms with E-state index in [4.69, 9.17) is 18.9 Å². The summed E-state index contributed by atoms with van der Waals surface area (Å²) in [5, 5.41) is 32.7. The Kier molecular flexibility index (Phi) is 11.8. The van der Waals surface area contributed by atoms with Crippen molar-refractivity contribution in [3.05, 3.63) is 130 Å². The maximum atomic E-state index is 13.6. The minimum absolute atomic E-state index is 0.0234. The second-order valence-corrected chi connectivity index (χ2v) is 14.4. The molecule has 0 N–H and O–H groups in total. The molecule has 2 fully saturated rings. The minimum Gasteiger partial charge on any atom is -0.456 e. The lowest BCUT2D eigenvalue weighted by atomic mass is 9.83. The quantitative estimate of drug-likeness (QED) is 0.0617. The van der Waals surface area contributed by atoms with Gasteiger partial charge in [-0.05, 0) is 66.4 Å². The normalized spacial score (nSPS) is 19.1. The van der Waals surface area contributed by atoms with E-state index in [1.54, 1.807) is 0 Å². The summed E-state index contributed by atoms with van der Waals surface area (Å²) in [7, 11) is 0. The molecule has 19 nitrogen and oxygen atoms in total. The SMILES string of the molecule is CC(OC(=O)OCc1ccc([N+](=O)[O-])cc1)C1C(=O)N2C(C(=O)OCc3ccc([N+](=O)[O-])cc3)=C(SC3CCN(C(=O)OCc4ccc([N+](=O)[O-])cc4)C3)C[C@H]12. The number of nitro benzene ring substituents is 3. The highest BCUT2D eigenvalue weighted by atomic mass is 32.2. The first kappa shape index (κ1) is 39.1. The van der Waals surface area contributed by atoms with Crippen LogP contribution in [0.3, 0.4) is 0 Å². The van der Waals surface area contributed by atoms with Gasteiger partial charge in [0, 0.05) is 66.1 Å². The number of nitrogens with zero attached hydrogens (tertiary/aromatic N) is 5. The third-order valence-electron chi connectivity index (χ3n) is 9.39. The monoisotopic (exact) mass is 791 g/mol. The van der Waals surface area contributed by atoms with E-state index < -0.39 is 57.0 Å². The number of carbonyl (C=O) groups is 4. The highest BCUT2D eigenvalue weighted by molar-refractivity contribution is 8.03. The number of amides is 2. The van der Waals surface area contributed by atoms with Crippen LogP contribution in [-0.2, 0) is 48.4 Å². The molecule has 20 heteroatoms. The number of likely N-dealkylation sites (tertiary alicyclic amines) is 1. The molecule has 6 rings (SSSR count). The van der Waals surface area contributed by atoms with Crippen LogP contribution in [0.1, 0.15) is 36.5 Å². The first-order valence-corrected chi connectivity index (χ1v) is 18.0. The second kappa shape index (κ2) is 16.8. The van der Waals surface area contributed by atoms with E-state index in [-0.39, 0.29) is 60.8 Å². The van der Waals surface area contributed by atoms with Gasteiger partial charge in [-0.15, -0.1) is 11.8 Å². The average molecular weight is 792 g/mol. The Morgan fingerprint density at radius 1 is 0.768 bits per heavy atom. The molecule has 0 bridgehead atoms. The number of nitro groups is 3. The fourth-order valence-electron chi connectivity index (χ4n) is 6.50. The van der Waals surface area contributed by atoms with Crippen LogP contribution in [0.2, 0.25) is 0 Å². The molecule has 3 aromatic carbocycles. The van der Waals surface area contributed by atoms with Gasteiger partial charge in [-0.1, -0.05) is 0 Å². The average Bonchev–Trinajstić information content (AvgIpc) is 3.78. The van der Waals surface area contributed by atoms with Crippen molar-refractivity contribution < 1.29 is 52.9 Å². The van der Waals surface area contributed by atoms with Gasteiger partial charge in [0.2, 0.25) is 5.91 Å².